The number of rotatable bonds is 6. The molecular weight excluding hydrogens is 308 g/mol. The molecule has 2 aromatic rings. The Balaban J connectivity index is 2.19. The van der Waals surface area contributed by atoms with E-state index in [9.17, 15) is 19.8 Å². The fourth-order valence-corrected chi connectivity index (χ4v) is 2.17. The van der Waals surface area contributed by atoms with Crippen LogP contribution in [0.25, 0.3) is 0 Å². The number of nitrogens with one attached hydrogen (secondary N) is 2. The van der Waals surface area contributed by atoms with Crippen LogP contribution in [0.15, 0.2) is 42.5 Å². The number of anilines is 1. The summed E-state index contributed by atoms with van der Waals surface area (Å²) in [6, 6.07) is 10.7. The number of carbonyl (C=O) groups excluding carboxylic acids is 2. The molecule has 6 heteroatoms. The van der Waals surface area contributed by atoms with Gasteiger partial charge in [-0.2, -0.15) is 0 Å². The van der Waals surface area contributed by atoms with Crippen molar-refractivity contribution in [2.75, 3.05) is 11.9 Å². The van der Waals surface area contributed by atoms with Crippen LogP contribution in [0.4, 0.5) is 5.69 Å². The molecular formula is C18H20N2O4. The number of hydrogen-bond acceptors (Lipinski definition) is 4. The molecule has 2 amide bonds. The van der Waals surface area contributed by atoms with E-state index in [4.69, 9.17) is 0 Å². The van der Waals surface area contributed by atoms with Crippen LogP contribution in [-0.4, -0.2) is 28.6 Å². The molecule has 0 unspecified atom stereocenters. The highest BCUT2D eigenvalue weighted by Crippen LogP contribution is 2.29. The third kappa shape index (κ3) is 4.04. The highest BCUT2D eigenvalue weighted by molar-refractivity contribution is 6.10. The number of unbranched alkanes of at least 4 members (excludes halogenated alkanes) is 1. The Labute approximate surface area is 140 Å². The van der Waals surface area contributed by atoms with Gasteiger partial charge in [-0.3, -0.25) is 9.59 Å². The zero-order valence-electron chi connectivity index (χ0n) is 13.4. The van der Waals surface area contributed by atoms with E-state index in [2.05, 4.69) is 10.6 Å². The second-order valence-electron chi connectivity index (χ2n) is 5.28. The molecule has 0 spiro atoms. The van der Waals surface area contributed by atoms with Crippen LogP contribution >= 0.6 is 0 Å². The second kappa shape index (κ2) is 8.01. The van der Waals surface area contributed by atoms with E-state index in [1.165, 1.54) is 18.2 Å². The normalized spacial score (nSPS) is 10.2. The minimum atomic E-state index is -0.614. The van der Waals surface area contributed by atoms with Crippen LogP contribution in [0, 0.1) is 0 Å². The number of amides is 2. The summed E-state index contributed by atoms with van der Waals surface area (Å²) in [5.74, 6) is -1.77. The predicted molar refractivity (Wildman–Crippen MR) is 91.4 cm³/mol. The van der Waals surface area contributed by atoms with Gasteiger partial charge < -0.3 is 20.8 Å². The lowest BCUT2D eigenvalue weighted by atomic mass is 10.1. The molecule has 0 aliphatic heterocycles. The van der Waals surface area contributed by atoms with Gasteiger partial charge in [-0.05, 0) is 30.7 Å². The van der Waals surface area contributed by atoms with Crippen LogP contribution in [0.5, 0.6) is 11.5 Å². The summed E-state index contributed by atoms with van der Waals surface area (Å²) < 4.78 is 0. The minimum Gasteiger partial charge on any atom is -0.504 e. The van der Waals surface area contributed by atoms with Crippen molar-refractivity contribution >= 4 is 17.5 Å². The molecule has 2 aromatic carbocycles. The van der Waals surface area contributed by atoms with E-state index in [1.807, 2.05) is 6.92 Å². The average Bonchev–Trinajstić information content (AvgIpc) is 2.58. The largest absolute Gasteiger partial charge is 0.504 e. The molecule has 126 valence electrons. The predicted octanol–water partition coefficient (Wildman–Crippen LogP) is 2.88. The van der Waals surface area contributed by atoms with E-state index in [0.29, 0.717) is 17.8 Å². The lowest BCUT2D eigenvalue weighted by Crippen LogP contribution is -2.26. The molecule has 0 saturated carbocycles. The van der Waals surface area contributed by atoms with Crippen LogP contribution in [-0.2, 0) is 0 Å². The van der Waals surface area contributed by atoms with E-state index in [-0.39, 0.29) is 17.2 Å². The molecule has 24 heavy (non-hydrogen) atoms. The molecule has 0 atom stereocenters. The van der Waals surface area contributed by atoms with Gasteiger partial charge in [0, 0.05) is 6.54 Å². The maximum Gasteiger partial charge on any atom is 0.259 e. The Morgan fingerprint density at radius 1 is 0.958 bits per heavy atom. The number of phenols is 2. The Kier molecular flexibility index (Phi) is 5.78. The van der Waals surface area contributed by atoms with Gasteiger partial charge in [0.2, 0.25) is 0 Å². The molecule has 0 heterocycles. The van der Waals surface area contributed by atoms with Crippen molar-refractivity contribution in [1.82, 2.24) is 5.32 Å². The second-order valence-corrected chi connectivity index (χ2v) is 5.28. The highest BCUT2D eigenvalue weighted by atomic mass is 16.3. The molecule has 6 nitrogen and oxygen atoms in total. The van der Waals surface area contributed by atoms with Crippen LogP contribution in [0.3, 0.4) is 0 Å². The summed E-state index contributed by atoms with van der Waals surface area (Å²) in [5, 5.41) is 24.7. The number of aromatic hydroxyl groups is 2. The van der Waals surface area contributed by atoms with Gasteiger partial charge in [-0.1, -0.05) is 31.5 Å². The Bertz CT molecular complexity index is 744. The Morgan fingerprint density at radius 3 is 2.42 bits per heavy atom. The first-order chi connectivity index (χ1) is 11.5. The molecule has 0 bridgehead atoms. The molecule has 0 aliphatic rings. The summed E-state index contributed by atoms with van der Waals surface area (Å²) in [4.78, 5) is 24.5. The van der Waals surface area contributed by atoms with Crippen molar-refractivity contribution in [3.63, 3.8) is 0 Å². The van der Waals surface area contributed by atoms with Crippen molar-refractivity contribution in [3.05, 3.63) is 53.6 Å². The number of carbonyl (C=O) groups is 2. The van der Waals surface area contributed by atoms with Crippen molar-refractivity contribution < 1.29 is 19.8 Å². The summed E-state index contributed by atoms with van der Waals surface area (Å²) in [7, 11) is 0. The standard InChI is InChI=1S/C18H20N2O4/c1-2-3-11-19-17(23)12-7-4-5-9-14(12)20-18(24)13-8-6-10-15(21)16(13)22/h4-10,21-22H,2-3,11H2,1H3,(H,19,23)(H,20,24). The summed E-state index contributed by atoms with van der Waals surface area (Å²) in [6.07, 6.45) is 1.84. The topological polar surface area (TPSA) is 98.7 Å². The van der Waals surface area contributed by atoms with Crippen molar-refractivity contribution in [1.29, 1.82) is 0 Å². The lowest BCUT2D eigenvalue weighted by Gasteiger charge is -2.12. The Hall–Kier alpha value is -3.02. The van der Waals surface area contributed by atoms with Gasteiger partial charge in [0.1, 0.15) is 0 Å². The Morgan fingerprint density at radius 2 is 1.67 bits per heavy atom. The van der Waals surface area contributed by atoms with Gasteiger partial charge in [-0.25, -0.2) is 0 Å². The first kappa shape index (κ1) is 17.3. The first-order valence-corrected chi connectivity index (χ1v) is 7.74. The monoisotopic (exact) mass is 328 g/mol. The third-order valence-electron chi connectivity index (χ3n) is 3.50. The number of benzene rings is 2. The van der Waals surface area contributed by atoms with Gasteiger partial charge in [-0.15, -0.1) is 0 Å². The van der Waals surface area contributed by atoms with Gasteiger partial charge >= 0.3 is 0 Å². The number of hydrogen-bond donors (Lipinski definition) is 4. The van der Waals surface area contributed by atoms with Crippen LogP contribution < -0.4 is 10.6 Å². The minimum absolute atomic E-state index is 0.0730. The van der Waals surface area contributed by atoms with Crippen LogP contribution in [0.2, 0.25) is 0 Å². The van der Waals surface area contributed by atoms with E-state index in [1.54, 1.807) is 24.3 Å². The molecule has 0 aromatic heterocycles. The average molecular weight is 328 g/mol. The molecule has 0 radical (unpaired) electrons. The van der Waals surface area contributed by atoms with E-state index >= 15 is 0 Å². The fourth-order valence-electron chi connectivity index (χ4n) is 2.17. The molecule has 2 rings (SSSR count). The van der Waals surface area contributed by atoms with Gasteiger partial charge in [0.25, 0.3) is 11.8 Å². The van der Waals surface area contributed by atoms with E-state index in [0.717, 1.165) is 12.8 Å². The molecule has 0 aliphatic carbocycles. The smallest absolute Gasteiger partial charge is 0.259 e. The lowest BCUT2D eigenvalue weighted by molar-refractivity contribution is 0.0954. The van der Waals surface area contributed by atoms with Crippen molar-refractivity contribution in [3.8, 4) is 11.5 Å². The highest BCUT2D eigenvalue weighted by Gasteiger charge is 2.17. The quantitative estimate of drug-likeness (QED) is 0.484. The van der Waals surface area contributed by atoms with Crippen LogP contribution in [0.1, 0.15) is 40.5 Å². The van der Waals surface area contributed by atoms with Crippen molar-refractivity contribution in [2.45, 2.75) is 19.8 Å². The summed E-state index contributed by atoms with van der Waals surface area (Å²) in [5.41, 5.74) is 0.594. The van der Waals surface area contributed by atoms with Gasteiger partial charge in [0.05, 0.1) is 16.8 Å². The SMILES string of the molecule is CCCCNC(=O)c1ccccc1NC(=O)c1cccc(O)c1O. The number of phenolic OH excluding ortho intramolecular Hbond substituents is 2. The van der Waals surface area contributed by atoms with E-state index < -0.39 is 11.7 Å². The molecule has 0 saturated heterocycles. The first-order valence-electron chi connectivity index (χ1n) is 7.74. The number of para-hydroxylation sites is 2. The molecule has 0 fully saturated rings. The zero-order valence-corrected chi connectivity index (χ0v) is 13.4. The van der Waals surface area contributed by atoms with Gasteiger partial charge in [0.15, 0.2) is 11.5 Å². The van der Waals surface area contributed by atoms with Crippen molar-refractivity contribution in [2.24, 2.45) is 0 Å². The molecule has 4 N–H and O–H groups in total. The maximum atomic E-state index is 12.3. The zero-order chi connectivity index (χ0) is 17.5. The third-order valence-corrected chi connectivity index (χ3v) is 3.50. The summed E-state index contributed by atoms with van der Waals surface area (Å²) in [6.45, 7) is 2.59. The maximum absolute atomic E-state index is 12.3. The fraction of sp³-hybridized carbons (Fsp3) is 0.222. The summed E-state index contributed by atoms with van der Waals surface area (Å²) >= 11 is 0.